The number of aliphatic hydroxyl groups excluding tert-OH is 1. The molecule has 0 aromatic heterocycles. The zero-order chi connectivity index (χ0) is 16.1. The van der Waals surface area contributed by atoms with Crippen LogP contribution in [0.2, 0.25) is 0 Å². The number of amides is 2. The molecule has 0 aliphatic rings. The Bertz CT molecular complexity index is 680. The van der Waals surface area contributed by atoms with Crippen molar-refractivity contribution in [3.05, 3.63) is 65.5 Å². The molecular formula is C15H13F3N2O2. The van der Waals surface area contributed by atoms with Crippen LogP contribution in [0.5, 0.6) is 0 Å². The number of nitrogens with one attached hydrogen (secondary N) is 2. The normalized spacial score (nSPS) is 11.8. The van der Waals surface area contributed by atoms with E-state index in [1.807, 2.05) is 0 Å². The molecule has 7 heteroatoms. The van der Waals surface area contributed by atoms with Crippen molar-refractivity contribution in [1.82, 2.24) is 5.32 Å². The lowest BCUT2D eigenvalue weighted by atomic mass is 10.1. The van der Waals surface area contributed by atoms with Gasteiger partial charge in [0.25, 0.3) is 0 Å². The first-order valence-corrected chi connectivity index (χ1v) is 6.40. The molecule has 0 saturated heterocycles. The Morgan fingerprint density at radius 1 is 1.09 bits per heavy atom. The molecule has 116 valence electrons. The molecule has 22 heavy (non-hydrogen) atoms. The van der Waals surface area contributed by atoms with E-state index in [1.165, 1.54) is 18.2 Å². The Kier molecular flexibility index (Phi) is 5.00. The number of hydrogen-bond acceptors (Lipinski definition) is 2. The molecule has 0 aliphatic carbocycles. The van der Waals surface area contributed by atoms with Crippen LogP contribution in [0.25, 0.3) is 0 Å². The first-order valence-electron chi connectivity index (χ1n) is 6.40. The summed E-state index contributed by atoms with van der Waals surface area (Å²) < 4.78 is 39.7. The number of rotatable bonds is 4. The van der Waals surface area contributed by atoms with E-state index in [9.17, 15) is 23.1 Å². The lowest BCUT2D eigenvalue weighted by Crippen LogP contribution is -2.32. The van der Waals surface area contributed by atoms with Gasteiger partial charge >= 0.3 is 6.03 Å². The van der Waals surface area contributed by atoms with Crippen molar-refractivity contribution in [1.29, 1.82) is 0 Å². The third kappa shape index (κ3) is 3.98. The minimum Gasteiger partial charge on any atom is -0.386 e. The van der Waals surface area contributed by atoms with Gasteiger partial charge in [-0.2, -0.15) is 0 Å². The Hall–Kier alpha value is -2.54. The molecule has 0 fully saturated rings. The maximum Gasteiger partial charge on any atom is 0.319 e. The number of hydrogen-bond donors (Lipinski definition) is 3. The SMILES string of the molecule is O=C(NCC(O)c1ccccc1F)Nc1cc(F)ccc1F. The number of benzene rings is 2. The van der Waals surface area contributed by atoms with E-state index in [-0.39, 0.29) is 17.8 Å². The zero-order valence-electron chi connectivity index (χ0n) is 11.3. The van der Waals surface area contributed by atoms with Crippen molar-refractivity contribution >= 4 is 11.7 Å². The molecule has 2 aromatic carbocycles. The van der Waals surface area contributed by atoms with E-state index >= 15 is 0 Å². The highest BCUT2D eigenvalue weighted by molar-refractivity contribution is 5.89. The number of urea groups is 1. The van der Waals surface area contributed by atoms with Crippen LogP contribution in [0, 0.1) is 17.5 Å². The molecule has 0 radical (unpaired) electrons. The highest BCUT2D eigenvalue weighted by Crippen LogP contribution is 2.17. The van der Waals surface area contributed by atoms with Gasteiger partial charge in [0.05, 0.1) is 11.8 Å². The molecule has 0 saturated carbocycles. The standard InChI is InChI=1S/C15H13F3N2O2/c16-9-5-6-12(18)13(7-9)20-15(22)19-8-14(21)10-3-1-2-4-11(10)17/h1-7,14,21H,8H2,(H2,19,20,22). The molecular weight excluding hydrogens is 297 g/mol. The predicted molar refractivity (Wildman–Crippen MR) is 74.7 cm³/mol. The first-order chi connectivity index (χ1) is 10.5. The Balaban J connectivity index is 1.93. The average Bonchev–Trinajstić information content (AvgIpc) is 2.49. The second-order valence-corrected chi connectivity index (χ2v) is 4.50. The fourth-order valence-corrected chi connectivity index (χ4v) is 1.80. The second kappa shape index (κ2) is 6.95. The monoisotopic (exact) mass is 310 g/mol. The fourth-order valence-electron chi connectivity index (χ4n) is 1.80. The second-order valence-electron chi connectivity index (χ2n) is 4.50. The molecule has 2 aromatic rings. The Morgan fingerprint density at radius 2 is 1.82 bits per heavy atom. The van der Waals surface area contributed by atoms with Gasteiger partial charge in [-0.25, -0.2) is 18.0 Å². The van der Waals surface area contributed by atoms with Gasteiger partial charge in [-0.05, 0) is 18.2 Å². The Labute approximate surface area is 124 Å². The smallest absolute Gasteiger partial charge is 0.319 e. The molecule has 0 aliphatic heterocycles. The van der Waals surface area contributed by atoms with Crippen LogP contribution in [0.4, 0.5) is 23.7 Å². The quantitative estimate of drug-likeness (QED) is 0.813. The van der Waals surface area contributed by atoms with Gasteiger partial charge in [0.15, 0.2) is 0 Å². The summed E-state index contributed by atoms with van der Waals surface area (Å²) in [7, 11) is 0. The molecule has 1 atom stereocenters. The van der Waals surface area contributed by atoms with Gasteiger partial charge in [0.2, 0.25) is 0 Å². The Morgan fingerprint density at radius 3 is 2.55 bits per heavy atom. The van der Waals surface area contributed by atoms with Crippen LogP contribution < -0.4 is 10.6 Å². The summed E-state index contributed by atoms with van der Waals surface area (Å²) in [5.41, 5.74) is -0.308. The summed E-state index contributed by atoms with van der Waals surface area (Å²) in [6.45, 7) is -0.288. The summed E-state index contributed by atoms with van der Waals surface area (Å²) in [5.74, 6) is -2.11. The third-order valence-electron chi connectivity index (χ3n) is 2.90. The maximum atomic E-state index is 13.4. The van der Waals surface area contributed by atoms with Crippen LogP contribution >= 0.6 is 0 Å². The van der Waals surface area contributed by atoms with Gasteiger partial charge in [-0.3, -0.25) is 0 Å². The van der Waals surface area contributed by atoms with Gasteiger partial charge in [-0.15, -0.1) is 0 Å². The molecule has 0 spiro atoms. The largest absolute Gasteiger partial charge is 0.386 e. The van der Waals surface area contributed by atoms with Crippen molar-refractivity contribution in [2.75, 3.05) is 11.9 Å². The molecule has 2 rings (SSSR count). The highest BCUT2D eigenvalue weighted by Gasteiger charge is 2.14. The average molecular weight is 310 g/mol. The minimum atomic E-state index is -1.26. The highest BCUT2D eigenvalue weighted by atomic mass is 19.1. The van der Waals surface area contributed by atoms with Gasteiger partial charge in [-0.1, -0.05) is 18.2 Å². The van der Waals surface area contributed by atoms with E-state index in [2.05, 4.69) is 10.6 Å². The van der Waals surface area contributed by atoms with E-state index < -0.39 is 29.6 Å². The number of carbonyl (C=O) groups excluding carboxylic acids is 1. The summed E-state index contributed by atoms with van der Waals surface area (Å²) in [6.07, 6.45) is -1.26. The van der Waals surface area contributed by atoms with Gasteiger partial charge in [0.1, 0.15) is 17.5 Å². The predicted octanol–water partition coefficient (Wildman–Crippen LogP) is 2.96. The molecule has 1 unspecified atom stereocenters. The fraction of sp³-hybridized carbons (Fsp3) is 0.133. The zero-order valence-corrected chi connectivity index (χ0v) is 11.3. The van der Waals surface area contributed by atoms with Crippen molar-refractivity contribution < 1.29 is 23.1 Å². The third-order valence-corrected chi connectivity index (χ3v) is 2.90. The number of carbonyl (C=O) groups is 1. The summed E-state index contributed by atoms with van der Waals surface area (Å²) in [4.78, 5) is 11.6. The molecule has 2 amide bonds. The number of aliphatic hydroxyl groups is 1. The van der Waals surface area contributed by atoms with E-state index in [4.69, 9.17) is 0 Å². The van der Waals surface area contributed by atoms with Crippen LogP contribution in [0.3, 0.4) is 0 Å². The van der Waals surface area contributed by atoms with Gasteiger partial charge in [0, 0.05) is 18.2 Å². The van der Waals surface area contributed by atoms with Gasteiger partial charge < -0.3 is 15.7 Å². The van der Waals surface area contributed by atoms with Crippen LogP contribution in [0.1, 0.15) is 11.7 Å². The number of halogens is 3. The number of anilines is 1. The van der Waals surface area contributed by atoms with Crippen molar-refractivity contribution in [2.45, 2.75) is 6.10 Å². The molecule has 0 heterocycles. The summed E-state index contributed by atoms with van der Waals surface area (Å²) in [5, 5.41) is 14.1. The minimum absolute atomic E-state index is 0.0275. The molecule has 0 bridgehead atoms. The summed E-state index contributed by atoms with van der Waals surface area (Å²) >= 11 is 0. The lowest BCUT2D eigenvalue weighted by Gasteiger charge is -2.13. The lowest BCUT2D eigenvalue weighted by molar-refractivity contribution is 0.170. The van der Waals surface area contributed by atoms with Crippen LogP contribution in [-0.4, -0.2) is 17.7 Å². The maximum absolute atomic E-state index is 13.4. The van der Waals surface area contributed by atoms with Crippen molar-refractivity contribution in [3.63, 3.8) is 0 Å². The van der Waals surface area contributed by atoms with Crippen molar-refractivity contribution in [2.24, 2.45) is 0 Å². The molecule has 4 nitrogen and oxygen atoms in total. The summed E-state index contributed by atoms with van der Waals surface area (Å²) in [6, 6.07) is 7.34. The van der Waals surface area contributed by atoms with E-state index in [0.717, 1.165) is 18.2 Å². The topological polar surface area (TPSA) is 61.4 Å². The first kappa shape index (κ1) is 15.8. The van der Waals surface area contributed by atoms with Crippen LogP contribution in [0.15, 0.2) is 42.5 Å². The van der Waals surface area contributed by atoms with Crippen LogP contribution in [-0.2, 0) is 0 Å². The van der Waals surface area contributed by atoms with E-state index in [1.54, 1.807) is 6.07 Å². The van der Waals surface area contributed by atoms with E-state index in [0.29, 0.717) is 0 Å². The van der Waals surface area contributed by atoms with Crippen molar-refractivity contribution in [3.8, 4) is 0 Å². The molecule has 3 N–H and O–H groups in total.